The second-order valence-electron chi connectivity index (χ2n) is 8.17. The molecule has 1 aliphatic rings. The van der Waals surface area contributed by atoms with E-state index in [1.807, 2.05) is 19.9 Å². The van der Waals surface area contributed by atoms with Crippen molar-refractivity contribution in [2.24, 2.45) is 0 Å². The molecule has 1 fully saturated rings. The van der Waals surface area contributed by atoms with Crippen molar-refractivity contribution in [1.82, 2.24) is 0 Å². The molecule has 1 aliphatic heterocycles. The summed E-state index contributed by atoms with van der Waals surface area (Å²) in [5, 5.41) is 9.58. The maximum atomic E-state index is 9.36. The summed E-state index contributed by atoms with van der Waals surface area (Å²) in [7, 11) is -1.72. The van der Waals surface area contributed by atoms with Crippen LogP contribution in [0.15, 0.2) is 12.2 Å². The Hall–Kier alpha value is -0.203. The molecule has 130 valence electrons. The van der Waals surface area contributed by atoms with Crippen LogP contribution in [-0.4, -0.2) is 44.1 Å². The number of aliphatic hydroxyl groups is 1. The fourth-order valence-electron chi connectivity index (χ4n) is 2.30. The summed E-state index contributed by atoms with van der Waals surface area (Å²) in [6, 6.07) is 0. The highest BCUT2D eigenvalue weighted by Gasteiger charge is 2.40. The minimum Gasteiger partial charge on any atom is -0.414 e. The Morgan fingerprint density at radius 3 is 2.36 bits per heavy atom. The Morgan fingerprint density at radius 1 is 1.27 bits per heavy atom. The van der Waals surface area contributed by atoms with Gasteiger partial charge in [-0.05, 0) is 45.3 Å². The first-order valence-electron chi connectivity index (χ1n) is 8.19. The second kappa shape index (κ2) is 7.14. The summed E-state index contributed by atoms with van der Waals surface area (Å²) in [6.45, 7) is 17.1. The average Bonchev–Trinajstić information content (AvgIpc) is 2.61. The zero-order chi connectivity index (χ0) is 17.2. The van der Waals surface area contributed by atoms with Crippen LogP contribution < -0.4 is 0 Å². The Balaban J connectivity index is 2.52. The normalized spacial score (nSPS) is 27.5. The maximum Gasteiger partial charge on any atom is 0.192 e. The first-order chi connectivity index (χ1) is 9.88. The number of ether oxygens (including phenoxy) is 2. The second-order valence-corrected chi connectivity index (χ2v) is 12.9. The van der Waals surface area contributed by atoms with E-state index in [1.165, 1.54) is 0 Å². The average molecular weight is 331 g/mol. The van der Waals surface area contributed by atoms with E-state index in [0.717, 1.165) is 6.42 Å². The van der Waals surface area contributed by atoms with Gasteiger partial charge in [0.1, 0.15) is 12.2 Å². The Labute approximate surface area is 137 Å². The van der Waals surface area contributed by atoms with Crippen molar-refractivity contribution in [2.75, 3.05) is 6.61 Å². The van der Waals surface area contributed by atoms with Crippen molar-refractivity contribution in [3.63, 3.8) is 0 Å². The SMILES string of the molecule is C[C@@H](C/C=C\[C@@H]1OC(C)(C)O[C@H]1CO)O[Si](C)(C)C(C)(C)C. The highest BCUT2D eigenvalue weighted by atomic mass is 28.4. The summed E-state index contributed by atoms with van der Waals surface area (Å²) < 4.78 is 17.8. The number of aliphatic hydroxyl groups excluding tert-OH is 1. The van der Waals surface area contributed by atoms with Crippen molar-refractivity contribution >= 4 is 8.32 Å². The summed E-state index contributed by atoms with van der Waals surface area (Å²) in [6.07, 6.45) is 4.60. The van der Waals surface area contributed by atoms with Crippen LogP contribution in [0.25, 0.3) is 0 Å². The molecule has 0 bridgehead atoms. The molecule has 1 rings (SSSR count). The third kappa shape index (κ3) is 5.46. The molecule has 3 atom stereocenters. The predicted octanol–water partition coefficient (Wildman–Crippen LogP) is 3.86. The summed E-state index contributed by atoms with van der Waals surface area (Å²) in [5.74, 6) is -0.633. The van der Waals surface area contributed by atoms with E-state index < -0.39 is 14.1 Å². The van der Waals surface area contributed by atoms with Gasteiger partial charge in [0, 0.05) is 6.10 Å². The van der Waals surface area contributed by atoms with Crippen molar-refractivity contribution in [3.05, 3.63) is 12.2 Å². The van der Waals surface area contributed by atoms with Gasteiger partial charge >= 0.3 is 0 Å². The molecule has 0 aromatic heterocycles. The van der Waals surface area contributed by atoms with Crippen molar-refractivity contribution in [1.29, 1.82) is 0 Å². The molecule has 0 aromatic carbocycles. The van der Waals surface area contributed by atoms with Crippen LogP contribution >= 0.6 is 0 Å². The van der Waals surface area contributed by atoms with Gasteiger partial charge in [0.25, 0.3) is 0 Å². The fraction of sp³-hybridized carbons (Fsp3) is 0.882. The minimum absolute atomic E-state index is 0.0333. The van der Waals surface area contributed by atoms with Crippen LogP contribution in [-0.2, 0) is 13.9 Å². The summed E-state index contributed by atoms with van der Waals surface area (Å²) in [5.41, 5.74) is 0. The van der Waals surface area contributed by atoms with E-state index in [4.69, 9.17) is 13.9 Å². The van der Waals surface area contributed by atoms with Crippen LogP contribution in [0.4, 0.5) is 0 Å². The quantitative estimate of drug-likeness (QED) is 0.593. The third-order valence-electron chi connectivity index (χ3n) is 4.50. The zero-order valence-electron chi connectivity index (χ0n) is 15.5. The van der Waals surface area contributed by atoms with E-state index >= 15 is 0 Å². The number of hydrogen-bond acceptors (Lipinski definition) is 4. The van der Waals surface area contributed by atoms with Gasteiger partial charge in [-0.3, -0.25) is 0 Å². The Bertz CT molecular complexity index is 385. The maximum absolute atomic E-state index is 9.36. The smallest absolute Gasteiger partial charge is 0.192 e. The fourth-order valence-corrected chi connectivity index (χ4v) is 3.76. The van der Waals surface area contributed by atoms with Crippen molar-refractivity contribution < 1.29 is 19.0 Å². The highest BCUT2D eigenvalue weighted by molar-refractivity contribution is 6.74. The third-order valence-corrected chi connectivity index (χ3v) is 9.10. The molecule has 0 radical (unpaired) electrons. The first-order valence-corrected chi connectivity index (χ1v) is 11.1. The molecule has 5 heteroatoms. The molecule has 0 saturated carbocycles. The highest BCUT2D eigenvalue weighted by Crippen LogP contribution is 2.37. The molecular weight excluding hydrogens is 296 g/mol. The van der Waals surface area contributed by atoms with E-state index in [9.17, 15) is 5.11 Å². The molecule has 0 aliphatic carbocycles. The minimum atomic E-state index is -1.72. The van der Waals surface area contributed by atoms with Crippen LogP contribution in [0.3, 0.4) is 0 Å². The Kier molecular flexibility index (Phi) is 6.44. The monoisotopic (exact) mass is 330 g/mol. The molecule has 0 aromatic rings. The van der Waals surface area contributed by atoms with Gasteiger partial charge in [-0.25, -0.2) is 0 Å². The first kappa shape index (κ1) is 19.8. The Morgan fingerprint density at radius 2 is 1.86 bits per heavy atom. The zero-order valence-corrected chi connectivity index (χ0v) is 16.5. The molecule has 0 spiro atoms. The topological polar surface area (TPSA) is 47.9 Å². The number of hydrogen-bond donors (Lipinski definition) is 1. The van der Waals surface area contributed by atoms with Gasteiger partial charge in [-0.1, -0.05) is 32.9 Å². The molecule has 0 amide bonds. The van der Waals surface area contributed by atoms with E-state index in [1.54, 1.807) is 0 Å². The van der Waals surface area contributed by atoms with E-state index in [-0.39, 0.29) is 30.0 Å². The van der Waals surface area contributed by atoms with Crippen LogP contribution in [0, 0.1) is 0 Å². The van der Waals surface area contributed by atoms with Gasteiger partial charge in [0.15, 0.2) is 14.1 Å². The van der Waals surface area contributed by atoms with Crippen molar-refractivity contribution in [2.45, 2.75) is 90.2 Å². The van der Waals surface area contributed by atoms with Crippen LogP contribution in [0.1, 0.15) is 48.0 Å². The lowest BCUT2D eigenvalue weighted by atomic mass is 10.1. The van der Waals surface area contributed by atoms with Gasteiger partial charge in [0.2, 0.25) is 0 Å². The summed E-state index contributed by atoms with van der Waals surface area (Å²) in [4.78, 5) is 0. The van der Waals surface area contributed by atoms with E-state index in [2.05, 4.69) is 46.9 Å². The molecule has 1 heterocycles. The van der Waals surface area contributed by atoms with Gasteiger partial charge in [-0.2, -0.15) is 0 Å². The van der Waals surface area contributed by atoms with Crippen LogP contribution in [0.5, 0.6) is 0 Å². The van der Waals surface area contributed by atoms with Gasteiger partial charge in [-0.15, -0.1) is 0 Å². The lowest BCUT2D eigenvalue weighted by Gasteiger charge is -2.38. The lowest BCUT2D eigenvalue weighted by molar-refractivity contribution is -0.146. The van der Waals surface area contributed by atoms with Gasteiger partial charge < -0.3 is 19.0 Å². The van der Waals surface area contributed by atoms with Crippen molar-refractivity contribution in [3.8, 4) is 0 Å². The molecule has 22 heavy (non-hydrogen) atoms. The lowest BCUT2D eigenvalue weighted by Crippen LogP contribution is -2.43. The summed E-state index contributed by atoms with van der Waals surface area (Å²) >= 11 is 0. The number of rotatable bonds is 6. The molecule has 4 nitrogen and oxygen atoms in total. The van der Waals surface area contributed by atoms with Crippen LogP contribution in [0.2, 0.25) is 18.1 Å². The molecule has 1 N–H and O–H groups in total. The largest absolute Gasteiger partial charge is 0.414 e. The molecular formula is C17H34O4Si. The van der Waals surface area contributed by atoms with Gasteiger partial charge in [0.05, 0.1) is 6.61 Å². The van der Waals surface area contributed by atoms with E-state index in [0.29, 0.717) is 0 Å². The standard InChI is InChI=1S/C17H34O4Si/c1-13(21-22(7,8)16(2,3)4)10-9-11-14-15(12-18)20-17(5,6)19-14/h9,11,13-15,18H,10,12H2,1-8H3/b11-9-/t13-,14-,15-/m0/s1. The molecule has 1 saturated heterocycles. The molecule has 0 unspecified atom stereocenters. The predicted molar refractivity (Wildman–Crippen MR) is 92.4 cm³/mol.